The van der Waals surface area contributed by atoms with E-state index in [0.29, 0.717) is 32.6 Å². The number of hydrogen-bond acceptors (Lipinski definition) is 4. The van der Waals surface area contributed by atoms with Crippen LogP contribution >= 0.6 is 23.2 Å². The quantitative estimate of drug-likeness (QED) is 0.281. The summed E-state index contributed by atoms with van der Waals surface area (Å²) in [5.41, 5.74) is 2.06. The number of carbonyl (C=O) groups is 2. The number of carbonyl (C=O) groups excluding carboxylic acids is 2. The van der Waals surface area contributed by atoms with Crippen molar-refractivity contribution in [2.24, 2.45) is 0 Å². The molecule has 0 atom stereocenters. The van der Waals surface area contributed by atoms with Crippen LogP contribution in [0, 0.1) is 0 Å². The van der Waals surface area contributed by atoms with Crippen LogP contribution in [0.1, 0.15) is 11.1 Å². The zero-order valence-corrected chi connectivity index (χ0v) is 18.1. The predicted molar refractivity (Wildman–Crippen MR) is 123 cm³/mol. The third kappa shape index (κ3) is 6.35. The minimum Gasteiger partial charge on any atom is -0.497 e. The van der Waals surface area contributed by atoms with Crippen LogP contribution in [0.2, 0.25) is 10.0 Å². The van der Waals surface area contributed by atoms with Crippen molar-refractivity contribution in [3.63, 3.8) is 0 Å². The van der Waals surface area contributed by atoms with Crippen molar-refractivity contribution in [3.8, 4) is 5.75 Å². The summed E-state index contributed by atoms with van der Waals surface area (Å²) in [6.45, 7) is -0.482. The normalized spacial score (nSPS) is 11.0. The van der Waals surface area contributed by atoms with E-state index in [0.717, 1.165) is 5.56 Å². The van der Waals surface area contributed by atoms with Gasteiger partial charge >= 0.3 is 5.97 Å². The maximum absolute atomic E-state index is 12.8. The average Bonchev–Trinajstić information content (AvgIpc) is 2.79. The first kappa shape index (κ1) is 22.4. The van der Waals surface area contributed by atoms with Crippen molar-refractivity contribution in [2.75, 3.05) is 19.0 Å². The Morgan fingerprint density at radius 3 is 2.48 bits per heavy atom. The summed E-state index contributed by atoms with van der Waals surface area (Å²) in [5, 5.41) is 3.33. The fourth-order valence-corrected chi connectivity index (χ4v) is 3.10. The summed E-state index contributed by atoms with van der Waals surface area (Å²) >= 11 is 12.0. The molecule has 3 aromatic carbocycles. The Bertz CT molecular complexity index is 1110. The highest BCUT2D eigenvalue weighted by Crippen LogP contribution is 2.26. The fourth-order valence-electron chi connectivity index (χ4n) is 2.76. The predicted octanol–water partition coefficient (Wildman–Crippen LogP) is 5.72. The molecule has 0 unspecified atom stereocenters. The second kappa shape index (κ2) is 10.7. The van der Waals surface area contributed by atoms with Crippen molar-refractivity contribution in [2.45, 2.75) is 0 Å². The Morgan fingerprint density at radius 2 is 1.74 bits per heavy atom. The number of nitrogens with one attached hydrogen (secondary N) is 1. The van der Waals surface area contributed by atoms with Gasteiger partial charge in [-0.25, -0.2) is 4.79 Å². The van der Waals surface area contributed by atoms with Gasteiger partial charge in [0.25, 0.3) is 5.91 Å². The van der Waals surface area contributed by atoms with Crippen LogP contribution in [0.25, 0.3) is 11.6 Å². The standard InChI is InChI=1S/C24H19Cl2NO4/c1-30-19-9-5-6-16(12-19)13-20(17-7-3-2-4-8-17)24(29)31-15-23(28)27-22-14-18(25)10-11-21(22)26/h2-14H,15H2,1H3,(H,27,28)/b20-13+. The van der Waals surface area contributed by atoms with E-state index in [1.54, 1.807) is 43.5 Å². The molecule has 1 amide bonds. The van der Waals surface area contributed by atoms with Gasteiger partial charge in [0.05, 0.1) is 23.4 Å². The molecule has 0 bridgehead atoms. The molecule has 31 heavy (non-hydrogen) atoms. The summed E-state index contributed by atoms with van der Waals surface area (Å²) in [6, 6.07) is 21.0. The Hall–Kier alpha value is -3.28. The molecule has 3 aromatic rings. The lowest BCUT2D eigenvalue weighted by atomic mass is 10.0. The van der Waals surface area contributed by atoms with Gasteiger partial charge in [-0.05, 0) is 47.5 Å². The smallest absolute Gasteiger partial charge is 0.339 e. The second-order valence-electron chi connectivity index (χ2n) is 6.45. The highest BCUT2D eigenvalue weighted by atomic mass is 35.5. The first-order valence-electron chi connectivity index (χ1n) is 9.29. The van der Waals surface area contributed by atoms with Crippen LogP contribution in [-0.4, -0.2) is 25.6 Å². The number of ether oxygens (including phenoxy) is 2. The highest BCUT2D eigenvalue weighted by Gasteiger charge is 2.16. The van der Waals surface area contributed by atoms with Gasteiger partial charge in [0.1, 0.15) is 5.75 Å². The molecule has 3 rings (SSSR count). The van der Waals surface area contributed by atoms with Gasteiger partial charge in [-0.3, -0.25) is 4.79 Å². The molecule has 0 aliphatic rings. The number of halogens is 2. The van der Waals surface area contributed by atoms with Crippen LogP contribution in [0.15, 0.2) is 72.8 Å². The fraction of sp³-hybridized carbons (Fsp3) is 0.0833. The molecule has 0 fully saturated rings. The molecular weight excluding hydrogens is 437 g/mol. The maximum Gasteiger partial charge on any atom is 0.339 e. The van der Waals surface area contributed by atoms with Crippen LogP contribution < -0.4 is 10.1 Å². The van der Waals surface area contributed by atoms with Crippen LogP contribution in [0.4, 0.5) is 5.69 Å². The summed E-state index contributed by atoms with van der Waals surface area (Å²) < 4.78 is 10.5. The monoisotopic (exact) mass is 455 g/mol. The van der Waals surface area contributed by atoms with E-state index >= 15 is 0 Å². The summed E-state index contributed by atoms with van der Waals surface area (Å²) in [5.74, 6) is -0.514. The van der Waals surface area contributed by atoms with Crippen LogP contribution in [0.5, 0.6) is 5.75 Å². The molecule has 0 aliphatic carbocycles. The number of benzene rings is 3. The average molecular weight is 456 g/mol. The van der Waals surface area contributed by atoms with E-state index in [1.807, 2.05) is 36.4 Å². The minimum atomic E-state index is -0.638. The van der Waals surface area contributed by atoms with Crippen molar-refractivity contribution in [1.29, 1.82) is 0 Å². The summed E-state index contributed by atoms with van der Waals surface area (Å²) in [6.07, 6.45) is 1.69. The second-order valence-corrected chi connectivity index (χ2v) is 7.29. The van der Waals surface area contributed by atoms with Gasteiger partial charge in [0.15, 0.2) is 6.61 Å². The molecule has 0 radical (unpaired) electrons. The van der Waals surface area contributed by atoms with E-state index < -0.39 is 18.5 Å². The third-order valence-corrected chi connectivity index (χ3v) is 4.81. The first-order chi connectivity index (χ1) is 15.0. The van der Waals surface area contributed by atoms with Crippen molar-refractivity contribution in [3.05, 3.63) is 94.0 Å². The molecular formula is C24H19Cl2NO4. The molecule has 1 N–H and O–H groups in total. The van der Waals surface area contributed by atoms with Crippen molar-refractivity contribution < 1.29 is 19.1 Å². The van der Waals surface area contributed by atoms with E-state index in [9.17, 15) is 9.59 Å². The van der Waals surface area contributed by atoms with Gasteiger partial charge in [-0.2, -0.15) is 0 Å². The Morgan fingerprint density at radius 1 is 0.968 bits per heavy atom. The molecule has 7 heteroatoms. The van der Waals surface area contributed by atoms with Crippen LogP contribution in [0.3, 0.4) is 0 Å². The number of methoxy groups -OCH3 is 1. The number of esters is 1. The van der Waals surface area contributed by atoms with E-state index in [-0.39, 0.29) is 0 Å². The van der Waals surface area contributed by atoms with Gasteiger partial charge in [0, 0.05) is 5.02 Å². The molecule has 0 aromatic heterocycles. The topological polar surface area (TPSA) is 64.6 Å². The molecule has 0 saturated carbocycles. The van der Waals surface area contributed by atoms with Crippen LogP contribution in [-0.2, 0) is 14.3 Å². The Balaban J connectivity index is 1.76. The SMILES string of the molecule is COc1cccc(/C=C(/C(=O)OCC(=O)Nc2cc(Cl)ccc2Cl)c2ccccc2)c1. The number of hydrogen-bond donors (Lipinski definition) is 1. The third-order valence-electron chi connectivity index (χ3n) is 4.25. The molecule has 0 spiro atoms. The molecule has 0 heterocycles. The van der Waals surface area contributed by atoms with Gasteiger partial charge in [-0.15, -0.1) is 0 Å². The molecule has 0 saturated heterocycles. The molecule has 158 valence electrons. The van der Waals surface area contributed by atoms with Gasteiger partial charge in [0.2, 0.25) is 0 Å². The Kier molecular flexibility index (Phi) is 7.70. The van der Waals surface area contributed by atoms with Crippen molar-refractivity contribution in [1.82, 2.24) is 0 Å². The van der Waals surface area contributed by atoms with Gasteiger partial charge in [-0.1, -0.05) is 65.7 Å². The molecule has 5 nitrogen and oxygen atoms in total. The maximum atomic E-state index is 12.8. The highest BCUT2D eigenvalue weighted by molar-refractivity contribution is 6.35. The lowest BCUT2D eigenvalue weighted by molar-refractivity contribution is -0.141. The lowest BCUT2D eigenvalue weighted by Crippen LogP contribution is -2.21. The molecule has 0 aliphatic heterocycles. The van der Waals surface area contributed by atoms with E-state index in [4.69, 9.17) is 32.7 Å². The van der Waals surface area contributed by atoms with E-state index in [1.165, 1.54) is 6.07 Å². The van der Waals surface area contributed by atoms with Crippen molar-refractivity contribution >= 4 is 52.4 Å². The zero-order chi connectivity index (χ0) is 22.2. The minimum absolute atomic E-state index is 0.308. The number of anilines is 1. The number of amides is 1. The lowest BCUT2D eigenvalue weighted by Gasteiger charge is -2.11. The summed E-state index contributed by atoms with van der Waals surface area (Å²) in [4.78, 5) is 25.1. The largest absolute Gasteiger partial charge is 0.497 e. The number of rotatable bonds is 7. The zero-order valence-electron chi connectivity index (χ0n) is 16.6. The summed E-state index contributed by atoms with van der Waals surface area (Å²) in [7, 11) is 1.57. The Labute approximate surface area is 190 Å². The van der Waals surface area contributed by atoms with E-state index in [2.05, 4.69) is 5.32 Å². The first-order valence-corrected chi connectivity index (χ1v) is 10.0. The van der Waals surface area contributed by atoms with Gasteiger partial charge < -0.3 is 14.8 Å².